The summed E-state index contributed by atoms with van der Waals surface area (Å²) in [5.74, 6) is -1.92. The minimum absolute atomic E-state index is 0.589. The Bertz CT molecular complexity index is 463. The summed E-state index contributed by atoms with van der Waals surface area (Å²) in [7, 11) is 0. The molecular weight excluding hydrogens is 226 g/mol. The molecule has 86 valence electrons. The van der Waals surface area contributed by atoms with Crippen molar-refractivity contribution in [2.75, 3.05) is 5.73 Å². The number of halogens is 2. The molecule has 0 spiro atoms. The minimum Gasteiger partial charge on any atom is -0.378 e. The lowest BCUT2D eigenvalue weighted by molar-refractivity contribution is -0.384. The van der Waals surface area contributed by atoms with Crippen LogP contribution in [0.25, 0.3) is 0 Å². The van der Waals surface area contributed by atoms with Gasteiger partial charge in [-0.15, -0.1) is 0 Å². The fourth-order valence-electron chi connectivity index (χ4n) is 1.04. The Balaban J connectivity index is 3.49. The Labute approximate surface area is 87.2 Å². The number of hydrogen-bond donors (Lipinski definition) is 2. The largest absolute Gasteiger partial charge is 0.378 e. The van der Waals surface area contributed by atoms with Gasteiger partial charge in [0.1, 0.15) is 5.69 Å². The van der Waals surface area contributed by atoms with Crippen LogP contribution >= 0.6 is 0 Å². The van der Waals surface area contributed by atoms with E-state index in [0.29, 0.717) is 6.07 Å². The van der Waals surface area contributed by atoms with Gasteiger partial charge < -0.3 is 11.5 Å². The molecule has 16 heavy (non-hydrogen) atoms. The van der Waals surface area contributed by atoms with Gasteiger partial charge in [-0.3, -0.25) is 14.9 Å². The molecule has 1 aromatic heterocycles. The van der Waals surface area contributed by atoms with Crippen molar-refractivity contribution in [3.63, 3.8) is 0 Å². The maximum atomic E-state index is 12.4. The average molecular weight is 232 g/mol. The summed E-state index contributed by atoms with van der Waals surface area (Å²) < 4.78 is 24.8. The van der Waals surface area contributed by atoms with Crippen LogP contribution in [0.5, 0.6) is 0 Å². The zero-order valence-electron chi connectivity index (χ0n) is 7.68. The summed E-state index contributed by atoms with van der Waals surface area (Å²) in [6, 6.07) is 0.589. The fraction of sp³-hybridized carbons (Fsp3) is 0.143. The molecule has 0 radical (unpaired) electrons. The van der Waals surface area contributed by atoms with Crippen LogP contribution in [0.4, 0.5) is 20.3 Å². The highest BCUT2D eigenvalue weighted by Gasteiger charge is 2.25. The number of nitrogens with zero attached hydrogens (tertiary/aromatic N) is 2. The van der Waals surface area contributed by atoms with Crippen molar-refractivity contribution in [3.05, 3.63) is 27.4 Å². The van der Waals surface area contributed by atoms with E-state index in [1.807, 2.05) is 0 Å². The third-order valence-electron chi connectivity index (χ3n) is 1.73. The van der Waals surface area contributed by atoms with Crippen molar-refractivity contribution in [1.29, 1.82) is 0 Å². The van der Waals surface area contributed by atoms with E-state index in [1.54, 1.807) is 0 Å². The molecule has 0 aliphatic carbocycles. The van der Waals surface area contributed by atoms with Crippen molar-refractivity contribution in [2.24, 2.45) is 5.73 Å². The first-order chi connectivity index (χ1) is 7.34. The Morgan fingerprint density at radius 1 is 1.56 bits per heavy atom. The normalized spacial score (nSPS) is 10.4. The summed E-state index contributed by atoms with van der Waals surface area (Å²) in [5, 5.41) is 10.4. The number of pyridine rings is 1. The van der Waals surface area contributed by atoms with Crippen molar-refractivity contribution in [2.45, 2.75) is 6.43 Å². The summed E-state index contributed by atoms with van der Waals surface area (Å²) in [6.07, 6.45) is -3.09. The van der Waals surface area contributed by atoms with Crippen LogP contribution in [-0.4, -0.2) is 15.8 Å². The van der Waals surface area contributed by atoms with Gasteiger partial charge in [0.2, 0.25) is 5.82 Å². The summed E-state index contributed by atoms with van der Waals surface area (Å²) in [4.78, 5) is 23.4. The average Bonchev–Trinajstić information content (AvgIpc) is 2.15. The van der Waals surface area contributed by atoms with Gasteiger partial charge in [-0.25, -0.2) is 13.8 Å². The number of rotatable bonds is 3. The first kappa shape index (κ1) is 11.8. The number of aromatic nitrogens is 1. The van der Waals surface area contributed by atoms with Crippen LogP contribution in [0.15, 0.2) is 6.07 Å². The molecule has 0 fully saturated rings. The molecule has 0 aliphatic rings. The van der Waals surface area contributed by atoms with Crippen molar-refractivity contribution >= 4 is 17.4 Å². The van der Waals surface area contributed by atoms with E-state index in [2.05, 4.69) is 4.98 Å². The highest BCUT2D eigenvalue weighted by molar-refractivity contribution is 5.95. The highest BCUT2D eigenvalue weighted by Crippen LogP contribution is 2.28. The molecular formula is C7H6F2N4O3. The standard InChI is InChI=1S/C7H6F2N4O3/c8-5(9)4-2(7(11)14)1-3(13(15)16)6(10)12-4/h1,5H,(H2,10,12)(H2,11,14). The van der Waals surface area contributed by atoms with Crippen molar-refractivity contribution in [1.82, 2.24) is 4.98 Å². The van der Waals surface area contributed by atoms with Crippen LogP contribution in [0, 0.1) is 10.1 Å². The Morgan fingerprint density at radius 2 is 2.12 bits per heavy atom. The Hall–Kier alpha value is -2.32. The summed E-state index contributed by atoms with van der Waals surface area (Å²) in [6.45, 7) is 0. The van der Waals surface area contributed by atoms with Crippen LogP contribution < -0.4 is 11.5 Å². The molecule has 9 heteroatoms. The second kappa shape index (κ2) is 4.04. The maximum absolute atomic E-state index is 12.4. The molecule has 0 saturated heterocycles. The first-order valence-corrected chi connectivity index (χ1v) is 3.87. The van der Waals surface area contributed by atoms with Gasteiger partial charge in [-0.05, 0) is 0 Å². The zero-order chi connectivity index (χ0) is 12.5. The van der Waals surface area contributed by atoms with Gasteiger partial charge in [0.15, 0.2) is 0 Å². The van der Waals surface area contributed by atoms with Crippen molar-refractivity contribution < 1.29 is 18.5 Å². The molecule has 0 saturated carbocycles. The zero-order valence-corrected chi connectivity index (χ0v) is 7.68. The molecule has 0 unspecified atom stereocenters. The summed E-state index contributed by atoms with van der Waals surface area (Å²) in [5.41, 5.74) is 7.47. The van der Waals surface area contributed by atoms with Crippen LogP contribution in [0.3, 0.4) is 0 Å². The van der Waals surface area contributed by atoms with Crippen molar-refractivity contribution in [3.8, 4) is 0 Å². The molecule has 1 heterocycles. The molecule has 0 atom stereocenters. The Morgan fingerprint density at radius 3 is 2.50 bits per heavy atom. The molecule has 0 aromatic carbocycles. The number of carbonyl (C=O) groups excluding carboxylic acids is 1. The number of nitrogen functional groups attached to an aromatic ring is 1. The number of nitrogens with two attached hydrogens (primary N) is 2. The van der Waals surface area contributed by atoms with Gasteiger partial charge >= 0.3 is 5.69 Å². The topological polar surface area (TPSA) is 125 Å². The lowest BCUT2D eigenvalue weighted by Crippen LogP contribution is -2.16. The molecule has 4 N–H and O–H groups in total. The first-order valence-electron chi connectivity index (χ1n) is 3.87. The number of hydrogen-bond acceptors (Lipinski definition) is 5. The van der Waals surface area contributed by atoms with E-state index in [-0.39, 0.29) is 0 Å². The molecule has 1 amide bonds. The third-order valence-corrected chi connectivity index (χ3v) is 1.73. The maximum Gasteiger partial charge on any atom is 0.311 e. The Kier molecular flexibility index (Phi) is 2.97. The van der Waals surface area contributed by atoms with Gasteiger partial charge in [-0.1, -0.05) is 0 Å². The smallest absolute Gasteiger partial charge is 0.311 e. The molecule has 7 nitrogen and oxygen atoms in total. The van der Waals surface area contributed by atoms with Gasteiger partial charge in [-0.2, -0.15) is 0 Å². The fourth-order valence-corrected chi connectivity index (χ4v) is 1.04. The predicted octanol–water partition coefficient (Wildman–Crippen LogP) is 0.608. The van der Waals surface area contributed by atoms with Gasteiger partial charge in [0, 0.05) is 6.07 Å². The van der Waals surface area contributed by atoms with Gasteiger partial charge in [0.05, 0.1) is 10.5 Å². The van der Waals surface area contributed by atoms with E-state index < -0.39 is 40.0 Å². The molecule has 0 aliphatic heterocycles. The highest BCUT2D eigenvalue weighted by atomic mass is 19.3. The van der Waals surface area contributed by atoms with Gasteiger partial charge in [0.25, 0.3) is 12.3 Å². The van der Waals surface area contributed by atoms with Crippen LogP contribution in [0.1, 0.15) is 22.5 Å². The van der Waals surface area contributed by atoms with Crippen LogP contribution in [0.2, 0.25) is 0 Å². The lowest BCUT2D eigenvalue weighted by atomic mass is 10.1. The summed E-state index contributed by atoms with van der Waals surface area (Å²) >= 11 is 0. The quantitative estimate of drug-likeness (QED) is 0.583. The predicted molar refractivity (Wildman–Crippen MR) is 48.8 cm³/mol. The third kappa shape index (κ3) is 2.02. The molecule has 1 aromatic rings. The molecule has 0 bridgehead atoms. The van der Waals surface area contributed by atoms with E-state index in [0.717, 1.165) is 0 Å². The van der Waals surface area contributed by atoms with E-state index in [9.17, 15) is 23.7 Å². The van der Waals surface area contributed by atoms with Crippen LogP contribution in [-0.2, 0) is 0 Å². The lowest BCUT2D eigenvalue weighted by Gasteiger charge is -2.05. The second-order valence-electron chi connectivity index (χ2n) is 2.75. The monoisotopic (exact) mass is 232 g/mol. The number of alkyl halides is 2. The molecule has 1 rings (SSSR count). The number of nitro groups is 1. The number of carbonyl (C=O) groups is 1. The SMILES string of the molecule is NC(=O)c1cc([N+](=O)[O-])c(N)nc1C(F)F. The number of anilines is 1. The van der Waals surface area contributed by atoms with E-state index in [1.165, 1.54) is 0 Å². The van der Waals surface area contributed by atoms with E-state index >= 15 is 0 Å². The minimum atomic E-state index is -3.09. The number of primary amides is 1. The number of amides is 1. The second-order valence-corrected chi connectivity index (χ2v) is 2.75. The van der Waals surface area contributed by atoms with E-state index in [4.69, 9.17) is 11.5 Å².